The molecule has 0 bridgehead atoms. The number of unbranched alkanes of at least 4 members (excludes halogenated alkanes) is 1. The van der Waals surface area contributed by atoms with Crippen molar-refractivity contribution in [1.82, 2.24) is 14.9 Å². The van der Waals surface area contributed by atoms with Crippen molar-refractivity contribution < 1.29 is 8.42 Å². The molecule has 0 saturated carbocycles. The smallest absolute Gasteiger partial charge is 0.276 e. The number of hydrogen-bond acceptors (Lipinski definition) is 5. The first-order valence-corrected chi connectivity index (χ1v) is 13.8. The van der Waals surface area contributed by atoms with Gasteiger partial charge in [0.15, 0.2) is 0 Å². The number of rotatable bonds is 11. The normalized spacial score (nSPS) is 11.7. The highest BCUT2D eigenvalue weighted by molar-refractivity contribution is 7.90. The SMILES string of the molecule is CCCCc1ccc(NS(=O)(=O)NCCc2c(-c3cccs3)n[nH]c2-c2cccs2)cc1. The van der Waals surface area contributed by atoms with Crippen molar-refractivity contribution >= 4 is 38.6 Å². The average molecular weight is 487 g/mol. The summed E-state index contributed by atoms with van der Waals surface area (Å²) in [6, 6.07) is 15.6. The maximum atomic E-state index is 12.6. The van der Waals surface area contributed by atoms with Gasteiger partial charge >= 0.3 is 0 Å². The van der Waals surface area contributed by atoms with E-state index in [1.54, 1.807) is 22.7 Å². The number of hydrogen-bond donors (Lipinski definition) is 3. The van der Waals surface area contributed by atoms with Gasteiger partial charge < -0.3 is 0 Å². The van der Waals surface area contributed by atoms with E-state index in [1.165, 1.54) is 5.56 Å². The Balaban J connectivity index is 1.43. The molecule has 3 aromatic heterocycles. The molecule has 0 saturated heterocycles. The molecule has 168 valence electrons. The molecule has 0 aliphatic carbocycles. The third kappa shape index (κ3) is 5.66. The van der Waals surface area contributed by atoms with Crippen LogP contribution in [0.1, 0.15) is 30.9 Å². The van der Waals surface area contributed by atoms with Crippen LogP contribution in [0.15, 0.2) is 59.3 Å². The minimum absolute atomic E-state index is 0.264. The molecule has 4 aromatic rings. The fourth-order valence-corrected chi connectivity index (χ4v) is 5.85. The van der Waals surface area contributed by atoms with Crippen molar-refractivity contribution in [2.45, 2.75) is 32.6 Å². The Morgan fingerprint density at radius 2 is 1.69 bits per heavy atom. The van der Waals surface area contributed by atoms with E-state index in [-0.39, 0.29) is 6.54 Å². The highest BCUT2D eigenvalue weighted by atomic mass is 32.2. The summed E-state index contributed by atoms with van der Waals surface area (Å²) in [5.74, 6) is 0. The van der Waals surface area contributed by atoms with Crippen LogP contribution in [-0.2, 0) is 23.1 Å². The zero-order valence-corrected chi connectivity index (χ0v) is 20.2. The lowest BCUT2D eigenvalue weighted by Crippen LogP contribution is -2.31. The van der Waals surface area contributed by atoms with Gasteiger partial charge in [0, 0.05) is 17.8 Å². The molecule has 0 amide bonds. The first-order chi connectivity index (χ1) is 15.6. The Kier molecular flexibility index (Phi) is 7.41. The Morgan fingerprint density at radius 3 is 2.34 bits per heavy atom. The first-order valence-electron chi connectivity index (χ1n) is 10.6. The van der Waals surface area contributed by atoms with Crippen molar-refractivity contribution in [3.63, 3.8) is 0 Å². The molecule has 3 heterocycles. The van der Waals surface area contributed by atoms with E-state index in [4.69, 9.17) is 0 Å². The monoisotopic (exact) mass is 486 g/mol. The highest BCUT2D eigenvalue weighted by Gasteiger charge is 2.18. The van der Waals surface area contributed by atoms with Crippen molar-refractivity contribution in [2.75, 3.05) is 11.3 Å². The van der Waals surface area contributed by atoms with Crippen molar-refractivity contribution in [1.29, 1.82) is 0 Å². The minimum Gasteiger partial charge on any atom is -0.276 e. The summed E-state index contributed by atoms with van der Waals surface area (Å²) < 4.78 is 30.4. The lowest BCUT2D eigenvalue weighted by Gasteiger charge is -2.11. The molecule has 0 spiro atoms. The van der Waals surface area contributed by atoms with E-state index < -0.39 is 10.2 Å². The quantitative estimate of drug-likeness (QED) is 0.254. The predicted octanol–water partition coefficient (Wildman–Crippen LogP) is 5.70. The van der Waals surface area contributed by atoms with E-state index in [2.05, 4.69) is 26.6 Å². The molecule has 3 N–H and O–H groups in total. The van der Waals surface area contributed by atoms with Gasteiger partial charge in [-0.1, -0.05) is 37.6 Å². The zero-order valence-electron chi connectivity index (χ0n) is 17.8. The second kappa shape index (κ2) is 10.4. The molecule has 1 aromatic carbocycles. The van der Waals surface area contributed by atoms with Crippen LogP contribution >= 0.6 is 22.7 Å². The van der Waals surface area contributed by atoms with Crippen LogP contribution in [0.5, 0.6) is 0 Å². The van der Waals surface area contributed by atoms with E-state index >= 15 is 0 Å². The van der Waals surface area contributed by atoms with Crippen molar-refractivity contribution in [3.8, 4) is 21.1 Å². The van der Waals surface area contributed by atoms with Gasteiger partial charge in [-0.15, -0.1) is 22.7 Å². The van der Waals surface area contributed by atoms with E-state index in [0.29, 0.717) is 12.1 Å². The number of nitrogens with zero attached hydrogens (tertiary/aromatic N) is 1. The number of anilines is 1. The van der Waals surface area contributed by atoms with Gasteiger partial charge in [0.1, 0.15) is 5.69 Å². The van der Waals surface area contributed by atoms with Gasteiger partial charge in [-0.05, 0) is 59.9 Å². The van der Waals surface area contributed by atoms with Crippen LogP contribution in [0.4, 0.5) is 5.69 Å². The van der Waals surface area contributed by atoms with Gasteiger partial charge in [-0.3, -0.25) is 9.82 Å². The Labute approximate surface area is 196 Å². The van der Waals surface area contributed by atoms with Gasteiger partial charge in [0.25, 0.3) is 10.2 Å². The second-order valence-electron chi connectivity index (χ2n) is 7.43. The van der Waals surface area contributed by atoms with Crippen LogP contribution in [0, 0.1) is 0 Å². The largest absolute Gasteiger partial charge is 0.299 e. The average Bonchev–Trinajstić information content (AvgIpc) is 3.54. The van der Waals surface area contributed by atoms with Crippen LogP contribution in [0.25, 0.3) is 21.1 Å². The van der Waals surface area contributed by atoms with Crippen LogP contribution in [0.2, 0.25) is 0 Å². The third-order valence-electron chi connectivity index (χ3n) is 5.08. The molecule has 0 aliphatic heterocycles. The molecule has 4 rings (SSSR count). The molecule has 6 nitrogen and oxygen atoms in total. The van der Waals surface area contributed by atoms with Crippen LogP contribution in [0.3, 0.4) is 0 Å². The molecule has 32 heavy (non-hydrogen) atoms. The lowest BCUT2D eigenvalue weighted by molar-refractivity contribution is 0.587. The number of nitrogens with one attached hydrogen (secondary N) is 3. The second-order valence-corrected chi connectivity index (χ2v) is 10.8. The van der Waals surface area contributed by atoms with Crippen LogP contribution in [-0.4, -0.2) is 25.2 Å². The molecular weight excluding hydrogens is 460 g/mol. The molecular formula is C23H26N4O2S3. The number of aromatic amines is 1. The molecule has 0 atom stereocenters. The maximum Gasteiger partial charge on any atom is 0.299 e. The highest BCUT2D eigenvalue weighted by Crippen LogP contribution is 2.34. The Hall–Kier alpha value is -2.46. The van der Waals surface area contributed by atoms with Gasteiger partial charge in [-0.25, -0.2) is 0 Å². The van der Waals surface area contributed by atoms with E-state index in [1.807, 2.05) is 59.3 Å². The summed E-state index contributed by atoms with van der Waals surface area (Å²) >= 11 is 3.25. The van der Waals surface area contributed by atoms with Crippen LogP contribution < -0.4 is 9.44 Å². The summed E-state index contributed by atoms with van der Waals surface area (Å²) in [6.07, 6.45) is 3.79. The van der Waals surface area contributed by atoms with E-state index in [0.717, 1.165) is 46.0 Å². The fraction of sp³-hybridized carbons (Fsp3) is 0.261. The summed E-state index contributed by atoms with van der Waals surface area (Å²) in [4.78, 5) is 2.14. The number of aryl methyl sites for hydroxylation is 1. The van der Waals surface area contributed by atoms with Crippen molar-refractivity contribution in [2.24, 2.45) is 0 Å². The van der Waals surface area contributed by atoms with Gasteiger partial charge in [-0.2, -0.15) is 18.2 Å². The minimum atomic E-state index is -3.68. The Bertz CT molecular complexity index is 1160. The number of aromatic nitrogens is 2. The van der Waals surface area contributed by atoms with Gasteiger partial charge in [0.2, 0.25) is 0 Å². The van der Waals surface area contributed by atoms with E-state index in [9.17, 15) is 8.42 Å². The molecule has 9 heteroatoms. The maximum absolute atomic E-state index is 12.6. The van der Waals surface area contributed by atoms with Gasteiger partial charge in [0.05, 0.1) is 15.4 Å². The molecule has 0 fully saturated rings. The molecule has 0 aliphatic rings. The predicted molar refractivity (Wildman–Crippen MR) is 135 cm³/mol. The molecule has 0 unspecified atom stereocenters. The summed E-state index contributed by atoms with van der Waals surface area (Å²) in [5, 5.41) is 11.7. The van der Waals surface area contributed by atoms with Crippen molar-refractivity contribution in [3.05, 3.63) is 70.4 Å². The Morgan fingerprint density at radius 1 is 0.969 bits per heavy atom. The number of H-pyrrole nitrogens is 1. The number of thiophene rings is 2. The third-order valence-corrected chi connectivity index (χ3v) is 7.93. The standard InChI is InChI=1S/C23H26N4O2S3/c1-2-3-6-17-9-11-18(12-10-17)27-32(28,29)24-14-13-19-22(20-7-4-15-30-20)25-26-23(19)21-8-5-16-31-21/h4-5,7-12,15-16,24,27H,2-3,6,13-14H2,1H3,(H,25,26). The zero-order chi connectivity index (χ0) is 22.4. The topological polar surface area (TPSA) is 86.9 Å². The summed E-state index contributed by atoms with van der Waals surface area (Å²) in [6.45, 7) is 2.42. The number of benzene rings is 1. The lowest BCUT2D eigenvalue weighted by atomic mass is 10.1. The summed E-state index contributed by atoms with van der Waals surface area (Å²) in [7, 11) is -3.68. The molecule has 0 radical (unpaired) electrons. The fourth-order valence-electron chi connectivity index (χ4n) is 3.47. The first kappa shape index (κ1) is 22.7. The summed E-state index contributed by atoms with van der Waals surface area (Å²) in [5.41, 5.74) is 4.60.